The second-order valence-electron chi connectivity index (χ2n) is 4.52. The lowest BCUT2D eigenvalue weighted by molar-refractivity contribution is -0.384. The molecule has 1 aliphatic rings. The molecule has 0 radical (unpaired) electrons. The molecule has 5 atom stereocenters. The van der Waals surface area contributed by atoms with E-state index >= 15 is 0 Å². The van der Waals surface area contributed by atoms with Gasteiger partial charge >= 0.3 is 0 Å². The van der Waals surface area contributed by atoms with Gasteiger partial charge in [0.15, 0.2) is 6.17 Å². The predicted molar refractivity (Wildman–Crippen MR) is 66.4 cm³/mol. The van der Waals surface area contributed by atoms with E-state index in [1.807, 2.05) is 0 Å². The molecule has 116 valence electrons. The molecule has 1 fully saturated rings. The Morgan fingerprint density at radius 3 is 2.43 bits per heavy atom. The number of ether oxygens (including phenoxy) is 2. The molecule has 0 aliphatic carbocycles. The summed E-state index contributed by atoms with van der Waals surface area (Å²) in [7, 11) is 0. The molecule has 8 nitrogen and oxygen atoms in total. The standard InChI is InChI=1S/C12H14FNO7/c13-9-8(5-15)21-12(11(17)10(9)16)20-7-3-1-6(2-4-7)14(18)19/h1-4,8-12,15-17H,5H2/t8-,9+,10+,11-,12-/m1/s1. The molecule has 0 amide bonds. The maximum Gasteiger partial charge on any atom is 0.269 e. The van der Waals surface area contributed by atoms with Gasteiger partial charge in [-0.05, 0) is 12.1 Å². The largest absolute Gasteiger partial charge is 0.462 e. The average Bonchev–Trinajstić information content (AvgIpc) is 2.48. The summed E-state index contributed by atoms with van der Waals surface area (Å²) in [5, 5.41) is 38.7. The molecule has 0 unspecified atom stereocenters. The number of halogens is 1. The lowest BCUT2D eigenvalue weighted by Crippen LogP contribution is -2.58. The summed E-state index contributed by atoms with van der Waals surface area (Å²) in [6.07, 6.45) is -8.09. The molecule has 0 saturated carbocycles. The Kier molecular flexibility index (Phi) is 4.68. The first-order chi connectivity index (χ1) is 9.93. The van der Waals surface area contributed by atoms with E-state index < -0.39 is 42.3 Å². The molecule has 0 bridgehead atoms. The first-order valence-corrected chi connectivity index (χ1v) is 6.11. The van der Waals surface area contributed by atoms with Crippen molar-refractivity contribution in [3.63, 3.8) is 0 Å². The highest BCUT2D eigenvalue weighted by atomic mass is 19.1. The van der Waals surface area contributed by atoms with Gasteiger partial charge in [-0.3, -0.25) is 10.1 Å². The van der Waals surface area contributed by atoms with Gasteiger partial charge in [-0.1, -0.05) is 0 Å². The number of alkyl halides is 1. The van der Waals surface area contributed by atoms with Crippen LogP contribution in [0.5, 0.6) is 5.75 Å². The molecule has 21 heavy (non-hydrogen) atoms. The first kappa shape index (κ1) is 15.6. The number of nitro benzene ring substituents is 1. The van der Waals surface area contributed by atoms with E-state index in [1.54, 1.807) is 0 Å². The minimum absolute atomic E-state index is 0.130. The highest BCUT2D eigenvalue weighted by molar-refractivity contribution is 5.36. The smallest absolute Gasteiger partial charge is 0.269 e. The number of aliphatic hydroxyl groups is 3. The van der Waals surface area contributed by atoms with Crippen LogP contribution in [0.2, 0.25) is 0 Å². The van der Waals surface area contributed by atoms with E-state index in [0.29, 0.717) is 0 Å². The minimum Gasteiger partial charge on any atom is -0.462 e. The fourth-order valence-electron chi connectivity index (χ4n) is 1.92. The normalized spacial score (nSPS) is 32.7. The topological polar surface area (TPSA) is 122 Å². The number of hydrogen-bond acceptors (Lipinski definition) is 7. The van der Waals surface area contributed by atoms with Gasteiger partial charge in [0, 0.05) is 12.1 Å². The van der Waals surface area contributed by atoms with Crippen molar-refractivity contribution in [1.82, 2.24) is 0 Å². The second kappa shape index (κ2) is 6.31. The van der Waals surface area contributed by atoms with Crippen LogP contribution in [0.25, 0.3) is 0 Å². The van der Waals surface area contributed by atoms with E-state index in [9.17, 15) is 24.7 Å². The zero-order valence-corrected chi connectivity index (χ0v) is 10.7. The Morgan fingerprint density at radius 2 is 1.90 bits per heavy atom. The number of non-ortho nitro benzene ring substituents is 1. The van der Waals surface area contributed by atoms with Crippen LogP contribution in [0.1, 0.15) is 0 Å². The molecule has 1 heterocycles. The predicted octanol–water partition coefficient (Wildman–Crippen LogP) is -0.249. The molecular weight excluding hydrogens is 289 g/mol. The van der Waals surface area contributed by atoms with Crippen LogP contribution in [0, 0.1) is 10.1 Å². The van der Waals surface area contributed by atoms with Crippen LogP contribution >= 0.6 is 0 Å². The number of nitro groups is 1. The van der Waals surface area contributed by atoms with Crippen LogP contribution in [-0.4, -0.2) is 57.6 Å². The van der Waals surface area contributed by atoms with E-state index in [0.717, 1.165) is 0 Å². The van der Waals surface area contributed by atoms with Gasteiger partial charge in [0.05, 0.1) is 11.5 Å². The number of nitrogens with zero attached hydrogens (tertiary/aromatic N) is 1. The summed E-state index contributed by atoms with van der Waals surface area (Å²) in [6, 6.07) is 4.91. The summed E-state index contributed by atoms with van der Waals surface area (Å²) in [5.74, 6) is 0.130. The third-order valence-corrected chi connectivity index (χ3v) is 3.10. The van der Waals surface area contributed by atoms with Gasteiger partial charge in [0.25, 0.3) is 5.69 Å². The molecule has 3 N–H and O–H groups in total. The molecular formula is C12H14FNO7. The number of rotatable bonds is 4. The molecule has 1 saturated heterocycles. The zero-order chi connectivity index (χ0) is 15.6. The molecule has 0 spiro atoms. The van der Waals surface area contributed by atoms with Gasteiger partial charge in [-0.2, -0.15) is 0 Å². The maximum atomic E-state index is 13.5. The van der Waals surface area contributed by atoms with Crippen molar-refractivity contribution in [2.24, 2.45) is 0 Å². The van der Waals surface area contributed by atoms with E-state index in [-0.39, 0.29) is 11.4 Å². The summed E-state index contributed by atoms with van der Waals surface area (Å²) in [5.41, 5.74) is -0.149. The Hall–Kier alpha value is -1.81. The van der Waals surface area contributed by atoms with Gasteiger partial charge in [0.1, 0.15) is 24.1 Å². The fourth-order valence-corrected chi connectivity index (χ4v) is 1.92. The van der Waals surface area contributed by atoms with Gasteiger partial charge in [-0.15, -0.1) is 0 Å². The molecule has 2 rings (SSSR count). The van der Waals surface area contributed by atoms with Crippen molar-refractivity contribution in [1.29, 1.82) is 0 Å². The van der Waals surface area contributed by atoms with Crippen LogP contribution in [0.15, 0.2) is 24.3 Å². The van der Waals surface area contributed by atoms with Crippen LogP contribution in [-0.2, 0) is 4.74 Å². The second-order valence-corrected chi connectivity index (χ2v) is 4.52. The molecule has 1 aromatic carbocycles. The van der Waals surface area contributed by atoms with Crippen molar-refractivity contribution in [2.45, 2.75) is 30.8 Å². The molecule has 1 aromatic rings. The highest BCUT2D eigenvalue weighted by Crippen LogP contribution is 2.26. The Bertz CT molecular complexity index is 495. The summed E-state index contributed by atoms with van der Waals surface area (Å²) in [6.45, 7) is -0.689. The third kappa shape index (κ3) is 3.27. The van der Waals surface area contributed by atoms with Gasteiger partial charge in [-0.25, -0.2) is 4.39 Å². The average molecular weight is 303 g/mol. The third-order valence-electron chi connectivity index (χ3n) is 3.10. The number of hydrogen-bond donors (Lipinski definition) is 3. The quantitative estimate of drug-likeness (QED) is 0.518. The Balaban J connectivity index is 2.08. The lowest BCUT2D eigenvalue weighted by atomic mass is 10.0. The van der Waals surface area contributed by atoms with Crippen LogP contribution < -0.4 is 4.74 Å². The molecule has 1 aliphatic heterocycles. The van der Waals surface area contributed by atoms with E-state index in [4.69, 9.17) is 14.6 Å². The van der Waals surface area contributed by atoms with E-state index in [2.05, 4.69) is 0 Å². The van der Waals surface area contributed by atoms with Crippen LogP contribution in [0.3, 0.4) is 0 Å². The number of benzene rings is 1. The minimum atomic E-state index is -1.94. The monoisotopic (exact) mass is 303 g/mol. The van der Waals surface area contributed by atoms with Crippen molar-refractivity contribution < 1.29 is 34.1 Å². The number of aliphatic hydroxyl groups excluding tert-OH is 3. The Labute approximate surface area is 118 Å². The van der Waals surface area contributed by atoms with Crippen molar-refractivity contribution in [2.75, 3.05) is 6.61 Å². The zero-order valence-electron chi connectivity index (χ0n) is 10.7. The van der Waals surface area contributed by atoms with Gasteiger partial charge in [0.2, 0.25) is 6.29 Å². The summed E-state index contributed by atoms with van der Waals surface area (Å²) < 4.78 is 23.8. The van der Waals surface area contributed by atoms with Crippen molar-refractivity contribution in [3.05, 3.63) is 34.4 Å². The SMILES string of the molecule is O=[N+]([O-])c1ccc(O[C@@H]2O[C@H](CO)[C@H](F)[C@H](O)[C@H]2O)cc1. The fraction of sp³-hybridized carbons (Fsp3) is 0.500. The lowest BCUT2D eigenvalue weighted by Gasteiger charge is -2.38. The molecule has 0 aromatic heterocycles. The summed E-state index contributed by atoms with van der Waals surface area (Å²) >= 11 is 0. The van der Waals surface area contributed by atoms with Crippen LogP contribution in [0.4, 0.5) is 10.1 Å². The van der Waals surface area contributed by atoms with Crippen molar-refractivity contribution >= 4 is 5.69 Å². The highest BCUT2D eigenvalue weighted by Gasteiger charge is 2.45. The van der Waals surface area contributed by atoms with Gasteiger partial charge < -0.3 is 24.8 Å². The molecule has 9 heteroatoms. The Morgan fingerprint density at radius 1 is 1.29 bits per heavy atom. The maximum absolute atomic E-state index is 13.5. The van der Waals surface area contributed by atoms with Crippen molar-refractivity contribution in [3.8, 4) is 5.75 Å². The first-order valence-electron chi connectivity index (χ1n) is 6.11. The summed E-state index contributed by atoms with van der Waals surface area (Å²) in [4.78, 5) is 9.92. The van der Waals surface area contributed by atoms with E-state index in [1.165, 1.54) is 24.3 Å².